The highest BCUT2D eigenvalue weighted by Gasteiger charge is 2.21. The molecule has 1 aromatic heterocycles. The molecule has 0 aliphatic rings. The summed E-state index contributed by atoms with van der Waals surface area (Å²) in [6, 6.07) is 7.99. The van der Waals surface area contributed by atoms with Crippen molar-refractivity contribution in [3.8, 4) is 0 Å². The minimum absolute atomic E-state index is 0.346. The molecular formula is C15H18BrNO. The van der Waals surface area contributed by atoms with Gasteiger partial charge in [0.15, 0.2) is 0 Å². The number of hydrogen-bond donors (Lipinski definition) is 1. The van der Waals surface area contributed by atoms with Crippen molar-refractivity contribution >= 4 is 26.8 Å². The number of pyridine rings is 1. The van der Waals surface area contributed by atoms with E-state index in [1.54, 1.807) is 0 Å². The summed E-state index contributed by atoms with van der Waals surface area (Å²) in [4.78, 5) is 4.66. The van der Waals surface area contributed by atoms with Gasteiger partial charge in [0.1, 0.15) is 0 Å². The van der Waals surface area contributed by atoms with Crippen molar-refractivity contribution in [2.45, 2.75) is 39.2 Å². The smallest absolute Gasteiger partial charge is 0.0847 e. The normalized spacial score (nSPS) is 12.4. The van der Waals surface area contributed by atoms with Crippen LogP contribution < -0.4 is 0 Å². The zero-order valence-corrected chi connectivity index (χ0v) is 12.7. The third-order valence-corrected chi connectivity index (χ3v) is 3.53. The van der Waals surface area contributed by atoms with Crippen LogP contribution >= 0.6 is 15.9 Å². The van der Waals surface area contributed by atoms with E-state index in [1.165, 1.54) is 0 Å². The van der Waals surface area contributed by atoms with Gasteiger partial charge in [0.05, 0.1) is 11.1 Å². The molecular weight excluding hydrogens is 290 g/mol. The summed E-state index contributed by atoms with van der Waals surface area (Å²) < 4.78 is 1.000. The highest BCUT2D eigenvalue weighted by molar-refractivity contribution is 9.10. The van der Waals surface area contributed by atoms with Crippen LogP contribution in [0.25, 0.3) is 10.9 Å². The Morgan fingerprint density at radius 3 is 2.44 bits per heavy atom. The summed E-state index contributed by atoms with van der Waals surface area (Å²) in [5.74, 6) is 0.346. The highest BCUT2D eigenvalue weighted by Crippen LogP contribution is 2.31. The van der Waals surface area contributed by atoms with Gasteiger partial charge in [-0.05, 0) is 49.6 Å². The molecule has 1 heterocycles. The van der Waals surface area contributed by atoms with Gasteiger partial charge in [-0.15, -0.1) is 0 Å². The van der Waals surface area contributed by atoms with Crippen LogP contribution in [0.15, 0.2) is 28.7 Å². The molecule has 0 radical (unpaired) electrons. The van der Waals surface area contributed by atoms with Gasteiger partial charge in [0.2, 0.25) is 0 Å². The quantitative estimate of drug-likeness (QED) is 0.895. The van der Waals surface area contributed by atoms with E-state index < -0.39 is 5.60 Å². The molecule has 0 atom stereocenters. The fourth-order valence-corrected chi connectivity index (χ4v) is 2.38. The first kappa shape index (κ1) is 13.5. The number of benzene rings is 1. The SMILES string of the molecule is CC(C)c1cc(C(C)(C)O)c2cc(Br)ccc2n1. The fraction of sp³-hybridized carbons (Fsp3) is 0.400. The number of aromatic nitrogens is 1. The molecule has 3 heteroatoms. The van der Waals surface area contributed by atoms with Crippen LogP contribution in [0.1, 0.15) is 44.9 Å². The van der Waals surface area contributed by atoms with E-state index in [0.29, 0.717) is 5.92 Å². The Labute approximate surface area is 116 Å². The van der Waals surface area contributed by atoms with Crippen LogP contribution in [-0.4, -0.2) is 10.1 Å². The highest BCUT2D eigenvalue weighted by atomic mass is 79.9. The number of hydrogen-bond acceptors (Lipinski definition) is 2. The van der Waals surface area contributed by atoms with Gasteiger partial charge >= 0.3 is 0 Å². The number of halogens is 1. The van der Waals surface area contributed by atoms with Gasteiger partial charge in [-0.1, -0.05) is 29.8 Å². The average Bonchev–Trinajstić information content (AvgIpc) is 2.26. The van der Waals surface area contributed by atoms with Crippen molar-refractivity contribution in [2.24, 2.45) is 0 Å². The first-order valence-corrected chi connectivity index (χ1v) is 6.91. The van der Waals surface area contributed by atoms with E-state index in [1.807, 2.05) is 38.1 Å². The largest absolute Gasteiger partial charge is 0.386 e. The number of nitrogens with zero attached hydrogens (tertiary/aromatic N) is 1. The van der Waals surface area contributed by atoms with E-state index >= 15 is 0 Å². The maximum atomic E-state index is 10.3. The predicted octanol–water partition coefficient (Wildman–Crippen LogP) is 4.35. The summed E-state index contributed by atoms with van der Waals surface area (Å²) in [6.07, 6.45) is 0. The molecule has 0 saturated carbocycles. The van der Waals surface area contributed by atoms with Crippen LogP contribution in [0.3, 0.4) is 0 Å². The second-order valence-electron chi connectivity index (χ2n) is 5.47. The van der Waals surface area contributed by atoms with Crippen molar-refractivity contribution in [2.75, 3.05) is 0 Å². The molecule has 0 fully saturated rings. The lowest BCUT2D eigenvalue weighted by Crippen LogP contribution is -2.17. The first-order valence-electron chi connectivity index (χ1n) is 6.12. The van der Waals surface area contributed by atoms with Crippen molar-refractivity contribution in [3.05, 3.63) is 40.0 Å². The summed E-state index contributed by atoms with van der Waals surface area (Å²) in [7, 11) is 0. The molecule has 0 aliphatic heterocycles. The molecule has 0 bridgehead atoms. The Morgan fingerprint density at radius 2 is 1.89 bits per heavy atom. The second kappa shape index (κ2) is 4.63. The van der Waals surface area contributed by atoms with Gasteiger partial charge in [0.25, 0.3) is 0 Å². The monoisotopic (exact) mass is 307 g/mol. The van der Waals surface area contributed by atoms with Crippen LogP contribution in [0.4, 0.5) is 0 Å². The molecule has 0 aliphatic carbocycles. The Hall–Kier alpha value is -0.930. The van der Waals surface area contributed by atoms with Crippen molar-refractivity contribution < 1.29 is 5.11 Å². The summed E-state index contributed by atoms with van der Waals surface area (Å²) in [6.45, 7) is 7.85. The third-order valence-electron chi connectivity index (χ3n) is 3.04. The summed E-state index contributed by atoms with van der Waals surface area (Å²) >= 11 is 3.47. The maximum absolute atomic E-state index is 10.3. The van der Waals surface area contributed by atoms with Crippen LogP contribution in [0, 0.1) is 0 Å². The Morgan fingerprint density at radius 1 is 1.22 bits per heavy atom. The molecule has 18 heavy (non-hydrogen) atoms. The van der Waals surface area contributed by atoms with Crippen LogP contribution in [-0.2, 0) is 5.60 Å². The van der Waals surface area contributed by atoms with Crippen LogP contribution in [0.5, 0.6) is 0 Å². The van der Waals surface area contributed by atoms with Gasteiger partial charge in [-0.3, -0.25) is 4.98 Å². The Bertz CT molecular complexity index is 585. The van der Waals surface area contributed by atoms with Gasteiger partial charge in [0, 0.05) is 15.6 Å². The van der Waals surface area contributed by atoms with Crippen LogP contribution in [0.2, 0.25) is 0 Å². The minimum Gasteiger partial charge on any atom is -0.386 e. The Balaban J connectivity index is 2.82. The average molecular weight is 308 g/mol. The van der Waals surface area contributed by atoms with E-state index in [-0.39, 0.29) is 0 Å². The lowest BCUT2D eigenvalue weighted by Gasteiger charge is -2.22. The standard InChI is InChI=1S/C15H18BrNO/c1-9(2)14-8-12(15(3,4)18)11-7-10(16)5-6-13(11)17-14/h5-9,18H,1-4H3. The third kappa shape index (κ3) is 2.57. The molecule has 0 unspecified atom stereocenters. The molecule has 0 saturated heterocycles. The van der Waals surface area contributed by atoms with E-state index in [2.05, 4.69) is 34.8 Å². The number of rotatable bonds is 2. The fourth-order valence-electron chi connectivity index (χ4n) is 2.02. The van der Waals surface area contributed by atoms with Crippen molar-refractivity contribution in [1.82, 2.24) is 4.98 Å². The minimum atomic E-state index is -0.869. The zero-order valence-electron chi connectivity index (χ0n) is 11.2. The molecule has 1 N–H and O–H groups in total. The van der Waals surface area contributed by atoms with Crippen molar-refractivity contribution in [3.63, 3.8) is 0 Å². The molecule has 0 spiro atoms. The molecule has 2 aromatic rings. The summed E-state index contributed by atoms with van der Waals surface area (Å²) in [5.41, 5.74) is 2.01. The van der Waals surface area contributed by atoms with E-state index in [0.717, 1.165) is 26.6 Å². The summed E-state index contributed by atoms with van der Waals surface area (Å²) in [5, 5.41) is 11.3. The lowest BCUT2D eigenvalue weighted by molar-refractivity contribution is 0.0800. The molecule has 2 rings (SSSR count). The van der Waals surface area contributed by atoms with Gasteiger partial charge in [-0.25, -0.2) is 0 Å². The second-order valence-corrected chi connectivity index (χ2v) is 6.39. The topological polar surface area (TPSA) is 33.1 Å². The van der Waals surface area contributed by atoms with E-state index in [9.17, 15) is 5.11 Å². The van der Waals surface area contributed by atoms with Gasteiger partial charge in [-0.2, -0.15) is 0 Å². The number of fused-ring (bicyclic) bond motifs is 1. The predicted molar refractivity (Wildman–Crippen MR) is 78.8 cm³/mol. The molecule has 2 nitrogen and oxygen atoms in total. The molecule has 96 valence electrons. The Kier molecular flexibility index (Phi) is 3.47. The lowest BCUT2D eigenvalue weighted by atomic mass is 9.92. The zero-order chi connectivity index (χ0) is 13.5. The van der Waals surface area contributed by atoms with Gasteiger partial charge < -0.3 is 5.11 Å². The first-order chi connectivity index (χ1) is 8.29. The maximum Gasteiger partial charge on any atom is 0.0847 e. The van der Waals surface area contributed by atoms with E-state index in [4.69, 9.17) is 0 Å². The van der Waals surface area contributed by atoms with Crippen molar-refractivity contribution in [1.29, 1.82) is 0 Å². The molecule has 0 amide bonds. The molecule has 1 aromatic carbocycles. The number of aliphatic hydroxyl groups is 1.